The molecule has 1 atom stereocenters. The first-order valence-corrected chi connectivity index (χ1v) is 4.76. The number of aliphatic imine (C=N–C) groups is 1. The van der Waals surface area contributed by atoms with Crippen LogP contribution in [0.3, 0.4) is 0 Å². The molecular weight excluding hydrogens is 184 g/mol. The lowest BCUT2D eigenvalue weighted by molar-refractivity contribution is -0.828. The van der Waals surface area contributed by atoms with Crippen LogP contribution in [0.5, 0.6) is 0 Å². The maximum Gasteiger partial charge on any atom is 0.309 e. The highest BCUT2D eigenvalue weighted by atomic mass is 16.5. The van der Waals surface area contributed by atoms with Gasteiger partial charge in [-0.3, -0.25) is 9.28 Å². The molecule has 0 spiro atoms. The molecular formula is C9H17N2O3+. The molecule has 0 aromatic rings. The van der Waals surface area contributed by atoms with Crippen molar-refractivity contribution < 1.29 is 19.1 Å². The van der Waals surface area contributed by atoms with Gasteiger partial charge in [0, 0.05) is 7.11 Å². The molecule has 0 saturated carbocycles. The molecule has 0 amide bonds. The second-order valence-corrected chi connectivity index (χ2v) is 3.55. The van der Waals surface area contributed by atoms with Crippen molar-refractivity contribution in [1.29, 1.82) is 0 Å². The van der Waals surface area contributed by atoms with Gasteiger partial charge in [-0.2, -0.15) is 0 Å². The summed E-state index contributed by atoms with van der Waals surface area (Å²) in [6, 6.07) is 0. The molecule has 0 radical (unpaired) electrons. The molecule has 5 heteroatoms. The first-order valence-electron chi connectivity index (χ1n) is 4.76. The van der Waals surface area contributed by atoms with Gasteiger partial charge in [0.2, 0.25) is 0 Å². The van der Waals surface area contributed by atoms with Gasteiger partial charge in [-0.25, -0.2) is 4.99 Å². The summed E-state index contributed by atoms with van der Waals surface area (Å²) in [6.07, 6.45) is 2.05. The second-order valence-electron chi connectivity index (χ2n) is 3.55. The Bertz CT molecular complexity index is 230. The van der Waals surface area contributed by atoms with Crippen LogP contribution < -0.4 is 0 Å². The van der Waals surface area contributed by atoms with Crippen LogP contribution in [0, 0.1) is 0 Å². The zero-order valence-corrected chi connectivity index (χ0v) is 8.48. The molecule has 0 saturated heterocycles. The number of methoxy groups -OCH3 is 1. The third-order valence-electron chi connectivity index (χ3n) is 2.51. The molecule has 1 unspecified atom stereocenters. The summed E-state index contributed by atoms with van der Waals surface area (Å²) in [7, 11) is 1.65. The van der Waals surface area contributed by atoms with E-state index in [1.54, 1.807) is 7.11 Å². The molecule has 80 valence electrons. The van der Waals surface area contributed by atoms with E-state index in [4.69, 9.17) is 9.84 Å². The van der Waals surface area contributed by atoms with E-state index in [2.05, 4.69) is 4.99 Å². The molecule has 1 aliphatic heterocycles. The highest BCUT2D eigenvalue weighted by Gasteiger charge is 2.29. The van der Waals surface area contributed by atoms with Crippen LogP contribution in [0.4, 0.5) is 0 Å². The van der Waals surface area contributed by atoms with Gasteiger partial charge in [0.25, 0.3) is 0 Å². The molecule has 1 rings (SSSR count). The van der Waals surface area contributed by atoms with Gasteiger partial charge in [0.15, 0.2) is 6.34 Å². The van der Waals surface area contributed by atoms with E-state index in [0.29, 0.717) is 17.6 Å². The van der Waals surface area contributed by atoms with Gasteiger partial charge in [-0.15, -0.1) is 0 Å². The fourth-order valence-corrected chi connectivity index (χ4v) is 1.59. The highest BCUT2D eigenvalue weighted by Crippen LogP contribution is 2.10. The number of ether oxygens (including phenoxy) is 1. The topological polar surface area (TPSA) is 58.9 Å². The molecule has 14 heavy (non-hydrogen) atoms. The summed E-state index contributed by atoms with van der Waals surface area (Å²) in [4.78, 5) is 14.7. The Morgan fingerprint density at radius 3 is 2.93 bits per heavy atom. The fourth-order valence-electron chi connectivity index (χ4n) is 1.59. The Labute approximate surface area is 83.6 Å². The number of carbonyl (C=O) groups is 1. The maximum absolute atomic E-state index is 10.5. The first kappa shape index (κ1) is 11.1. The molecule has 1 N–H and O–H groups in total. The SMILES string of the molecule is COCC[N+]1(CCC(=O)O)C=NCC1. The number of quaternary nitrogens is 1. The van der Waals surface area contributed by atoms with E-state index >= 15 is 0 Å². The molecule has 0 aliphatic carbocycles. The average molecular weight is 201 g/mol. The Morgan fingerprint density at radius 2 is 2.43 bits per heavy atom. The maximum atomic E-state index is 10.5. The van der Waals surface area contributed by atoms with E-state index in [-0.39, 0.29) is 6.42 Å². The minimum Gasteiger partial charge on any atom is -0.481 e. The second kappa shape index (κ2) is 5.07. The van der Waals surface area contributed by atoms with Gasteiger partial charge in [0.1, 0.15) is 13.1 Å². The molecule has 0 bridgehead atoms. The predicted molar refractivity (Wildman–Crippen MR) is 52.3 cm³/mol. The summed E-state index contributed by atoms with van der Waals surface area (Å²) in [5.41, 5.74) is 0. The predicted octanol–water partition coefficient (Wildman–Crippen LogP) is -0.0338. The van der Waals surface area contributed by atoms with Crippen LogP contribution in [-0.2, 0) is 9.53 Å². The number of carboxylic acid groups (broad SMARTS) is 1. The van der Waals surface area contributed by atoms with Crippen LogP contribution in [-0.4, -0.2) is 61.8 Å². The minimum absolute atomic E-state index is 0.190. The molecule has 0 aromatic heterocycles. The third-order valence-corrected chi connectivity index (χ3v) is 2.51. The van der Waals surface area contributed by atoms with E-state index in [0.717, 1.165) is 19.6 Å². The van der Waals surface area contributed by atoms with E-state index in [9.17, 15) is 4.79 Å². The molecule has 5 nitrogen and oxygen atoms in total. The van der Waals surface area contributed by atoms with Crippen LogP contribution in [0.25, 0.3) is 0 Å². The Kier molecular flexibility index (Phi) is 4.03. The van der Waals surface area contributed by atoms with Crippen molar-refractivity contribution in [2.45, 2.75) is 6.42 Å². The zero-order chi connectivity index (χ0) is 10.4. The van der Waals surface area contributed by atoms with Gasteiger partial charge >= 0.3 is 5.97 Å². The number of nitrogens with zero attached hydrogens (tertiary/aromatic N) is 2. The lowest BCUT2D eigenvalue weighted by atomic mass is 10.3. The first-order chi connectivity index (χ1) is 6.68. The van der Waals surface area contributed by atoms with Crippen molar-refractivity contribution in [3.63, 3.8) is 0 Å². The van der Waals surface area contributed by atoms with Gasteiger partial charge < -0.3 is 9.84 Å². The van der Waals surface area contributed by atoms with Crippen LogP contribution in [0.15, 0.2) is 4.99 Å². The monoisotopic (exact) mass is 201 g/mol. The number of hydrogen-bond donors (Lipinski definition) is 1. The third kappa shape index (κ3) is 3.08. The largest absolute Gasteiger partial charge is 0.481 e. The molecule has 1 aliphatic rings. The van der Waals surface area contributed by atoms with E-state index in [1.165, 1.54) is 0 Å². The van der Waals surface area contributed by atoms with E-state index < -0.39 is 5.97 Å². The zero-order valence-electron chi connectivity index (χ0n) is 8.48. The number of hydrogen-bond acceptors (Lipinski definition) is 3. The number of aliphatic carboxylic acids is 1. The highest BCUT2D eigenvalue weighted by molar-refractivity contribution is 5.67. The van der Waals surface area contributed by atoms with Crippen LogP contribution in [0.2, 0.25) is 0 Å². The van der Waals surface area contributed by atoms with Gasteiger partial charge in [-0.1, -0.05) is 0 Å². The van der Waals surface area contributed by atoms with Crippen molar-refractivity contribution in [2.75, 3.05) is 39.9 Å². The molecule has 0 fully saturated rings. The smallest absolute Gasteiger partial charge is 0.309 e. The number of rotatable bonds is 6. The molecule has 0 aromatic carbocycles. The summed E-state index contributed by atoms with van der Waals surface area (Å²) in [5, 5.41) is 8.63. The summed E-state index contributed by atoms with van der Waals surface area (Å²) >= 11 is 0. The van der Waals surface area contributed by atoms with Crippen LogP contribution >= 0.6 is 0 Å². The van der Waals surface area contributed by atoms with Crippen molar-refractivity contribution in [3.8, 4) is 0 Å². The van der Waals surface area contributed by atoms with Crippen molar-refractivity contribution >= 4 is 12.3 Å². The minimum atomic E-state index is -0.750. The van der Waals surface area contributed by atoms with Gasteiger partial charge in [0.05, 0.1) is 26.1 Å². The normalized spacial score (nSPS) is 25.5. The average Bonchev–Trinajstić information content (AvgIpc) is 2.61. The molecule has 1 heterocycles. The Morgan fingerprint density at radius 1 is 1.64 bits per heavy atom. The Hall–Kier alpha value is -0.940. The van der Waals surface area contributed by atoms with E-state index in [1.807, 2.05) is 6.34 Å². The van der Waals surface area contributed by atoms with Gasteiger partial charge in [-0.05, 0) is 0 Å². The van der Waals surface area contributed by atoms with Crippen molar-refractivity contribution in [1.82, 2.24) is 0 Å². The van der Waals surface area contributed by atoms with Crippen molar-refractivity contribution in [3.05, 3.63) is 0 Å². The lowest BCUT2D eigenvalue weighted by Crippen LogP contribution is -2.48. The Balaban J connectivity index is 2.44. The standard InChI is InChI=1S/C9H16N2O3/c1-14-7-6-11(4-2-9(12)13)5-3-10-8-11/h8H,2-7H2,1H3/p+1. The summed E-state index contributed by atoms with van der Waals surface area (Å²) < 4.78 is 5.66. The summed E-state index contributed by atoms with van der Waals surface area (Å²) in [5.74, 6) is -0.750. The summed E-state index contributed by atoms with van der Waals surface area (Å²) in [6.45, 7) is 3.76. The number of carboxylic acids is 1. The van der Waals surface area contributed by atoms with Crippen molar-refractivity contribution in [2.24, 2.45) is 4.99 Å². The van der Waals surface area contributed by atoms with Crippen LogP contribution in [0.1, 0.15) is 6.42 Å². The quantitative estimate of drug-likeness (QED) is 0.614. The lowest BCUT2D eigenvalue weighted by Gasteiger charge is -2.29. The fraction of sp³-hybridized carbons (Fsp3) is 0.778.